The Morgan fingerprint density at radius 3 is 2.38 bits per heavy atom. The topological polar surface area (TPSA) is 51.4 Å². The molecule has 1 atom stereocenters. The molecule has 2 aromatic carbocycles. The Bertz CT molecular complexity index is 1190. The number of aryl methyl sites for hydroxylation is 1. The molecule has 4 aromatic rings. The molecule has 0 saturated heterocycles. The summed E-state index contributed by atoms with van der Waals surface area (Å²) in [5.41, 5.74) is 5.54. The molecule has 0 fully saturated rings. The molecule has 0 aliphatic rings. The predicted octanol–water partition coefficient (Wildman–Crippen LogP) is 5.84. The third kappa shape index (κ3) is 3.84. The van der Waals surface area contributed by atoms with E-state index < -0.39 is 0 Å². The van der Waals surface area contributed by atoms with Gasteiger partial charge >= 0.3 is 0 Å². The van der Waals surface area contributed by atoms with E-state index in [1.807, 2.05) is 29.8 Å². The van der Waals surface area contributed by atoms with E-state index in [-0.39, 0.29) is 6.04 Å². The molecule has 5 nitrogen and oxygen atoms in total. The zero-order valence-corrected chi connectivity index (χ0v) is 19.0. The number of aromatic nitrogens is 5. The van der Waals surface area contributed by atoms with Gasteiger partial charge in [0.25, 0.3) is 0 Å². The van der Waals surface area contributed by atoms with Crippen LogP contribution in [0.1, 0.15) is 35.5 Å². The number of nitrogens with zero attached hydrogens (tertiary/aromatic N) is 4. The van der Waals surface area contributed by atoms with Crippen molar-refractivity contribution in [3.63, 3.8) is 0 Å². The number of nitrogens with one attached hydrogen (secondary N) is 1. The molecule has 0 aliphatic heterocycles. The van der Waals surface area contributed by atoms with Gasteiger partial charge in [0.15, 0.2) is 10.6 Å². The number of halogens is 1. The summed E-state index contributed by atoms with van der Waals surface area (Å²) in [7, 11) is 0. The largest absolute Gasteiger partial charge is 0.293 e. The van der Waals surface area contributed by atoms with Gasteiger partial charge in [-0.05, 0) is 60.0 Å². The van der Waals surface area contributed by atoms with Crippen molar-refractivity contribution in [2.24, 2.45) is 0 Å². The minimum atomic E-state index is 0.0872. The Balaban J connectivity index is 1.63. The average Bonchev–Trinajstić information content (AvgIpc) is 3.24. The lowest BCUT2D eigenvalue weighted by Gasteiger charge is -2.16. The van der Waals surface area contributed by atoms with E-state index in [4.69, 9.17) is 12.2 Å². The molecular formula is C22H22BrN5S. The van der Waals surface area contributed by atoms with Gasteiger partial charge in [-0.2, -0.15) is 10.2 Å². The van der Waals surface area contributed by atoms with Crippen LogP contribution in [-0.4, -0.2) is 24.5 Å². The van der Waals surface area contributed by atoms with Crippen molar-refractivity contribution in [2.45, 2.75) is 33.4 Å². The summed E-state index contributed by atoms with van der Waals surface area (Å²) >= 11 is 9.11. The molecule has 0 aliphatic carbocycles. The third-order valence-electron chi connectivity index (χ3n) is 5.21. The van der Waals surface area contributed by atoms with Crippen molar-refractivity contribution in [1.29, 1.82) is 0 Å². The fraction of sp³-hybridized carbons (Fsp3) is 0.227. The fourth-order valence-electron chi connectivity index (χ4n) is 3.51. The molecule has 0 bridgehead atoms. The predicted molar refractivity (Wildman–Crippen MR) is 122 cm³/mol. The molecule has 2 aromatic heterocycles. The highest BCUT2D eigenvalue weighted by Gasteiger charge is 2.16. The molecule has 29 heavy (non-hydrogen) atoms. The van der Waals surface area contributed by atoms with Gasteiger partial charge in [-0.1, -0.05) is 54.6 Å². The number of aromatic amines is 1. The molecule has 0 amide bonds. The van der Waals surface area contributed by atoms with Crippen LogP contribution in [-0.2, 0) is 6.54 Å². The van der Waals surface area contributed by atoms with Gasteiger partial charge in [-0.3, -0.25) is 14.3 Å². The van der Waals surface area contributed by atoms with Crippen LogP contribution >= 0.6 is 28.1 Å². The standard InChI is InChI=1S/C22H22BrN5S/c1-14-20(23)16(3)27(26-14)13-17-9-11-19(12-10-17)21-24-25-22(29)28(21)15(2)18-7-5-4-6-8-18/h4-12,15H,13H2,1-3H3,(H,25,29)/t15-/m1/s1. The first-order valence-corrected chi connectivity index (χ1v) is 10.7. The molecule has 148 valence electrons. The Labute approximate surface area is 183 Å². The number of hydrogen-bond acceptors (Lipinski definition) is 3. The Hall–Kier alpha value is -2.51. The van der Waals surface area contributed by atoms with Crippen LogP contribution in [0.25, 0.3) is 11.4 Å². The van der Waals surface area contributed by atoms with E-state index in [2.05, 4.69) is 86.0 Å². The average molecular weight is 468 g/mol. The summed E-state index contributed by atoms with van der Waals surface area (Å²) in [6, 6.07) is 18.8. The second-order valence-corrected chi connectivity index (χ2v) is 8.33. The summed E-state index contributed by atoms with van der Waals surface area (Å²) in [4.78, 5) is 0. The first-order valence-electron chi connectivity index (χ1n) is 9.46. The zero-order chi connectivity index (χ0) is 20.5. The van der Waals surface area contributed by atoms with Crippen molar-refractivity contribution in [3.8, 4) is 11.4 Å². The first-order chi connectivity index (χ1) is 14.0. The summed E-state index contributed by atoms with van der Waals surface area (Å²) in [6.45, 7) is 6.94. The van der Waals surface area contributed by atoms with Gasteiger partial charge in [-0.25, -0.2) is 0 Å². The minimum absolute atomic E-state index is 0.0872. The highest BCUT2D eigenvalue weighted by molar-refractivity contribution is 9.10. The summed E-state index contributed by atoms with van der Waals surface area (Å²) in [5, 5.41) is 12.0. The molecule has 2 heterocycles. The number of hydrogen-bond donors (Lipinski definition) is 1. The first kappa shape index (κ1) is 19.8. The van der Waals surface area contributed by atoms with Crippen molar-refractivity contribution in [3.05, 3.63) is 86.4 Å². The second kappa shape index (κ2) is 8.08. The molecular weight excluding hydrogens is 446 g/mol. The molecule has 4 rings (SSSR count). The highest BCUT2D eigenvalue weighted by atomic mass is 79.9. The monoisotopic (exact) mass is 467 g/mol. The molecule has 0 radical (unpaired) electrons. The van der Waals surface area contributed by atoms with Crippen LogP contribution in [0.4, 0.5) is 0 Å². The molecule has 1 N–H and O–H groups in total. The van der Waals surface area contributed by atoms with Crippen LogP contribution < -0.4 is 0 Å². The van der Waals surface area contributed by atoms with Gasteiger partial charge in [0, 0.05) is 5.56 Å². The van der Waals surface area contributed by atoms with Gasteiger partial charge < -0.3 is 0 Å². The lowest BCUT2D eigenvalue weighted by molar-refractivity contribution is 0.635. The maximum absolute atomic E-state index is 5.52. The number of H-pyrrole nitrogens is 1. The smallest absolute Gasteiger partial charge is 0.196 e. The summed E-state index contributed by atoms with van der Waals surface area (Å²) in [5.74, 6) is 0.840. The SMILES string of the molecule is Cc1nn(Cc2ccc(-c3n[nH]c(=S)n3[C@H](C)c3ccccc3)cc2)c(C)c1Br. The fourth-order valence-corrected chi connectivity index (χ4v) is 4.08. The van der Waals surface area contributed by atoms with E-state index in [1.165, 1.54) is 11.1 Å². The molecule has 0 saturated carbocycles. The third-order valence-corrected chi connectivity index (χ3v) is 6.65. The van der Waals surface area contributed by atoms with Crippen LogP contribution in [0.2, 0.25) is 0 Å². The lowest BCUT2D eigenvalue weighted by Crippen LogP contribution is -2.09. The molecule has 0 spiro atoms. The van der Waals surface area contributed by atoms with Crippen molar-refractivity contribution in [1.82, 2.24) is 24.5 Å². The quantitative estimate of drug-likeness (QED) is 0.375. The van der Waals surface area contributed by atoms with Gasteiger partial charge in [0.1, 0.15) is 0 Å². The minimum Gasteiger partial charge on any atom is -0.293 e. The maximum Gasteiger partial charge on any atom is 0.196 e. The summed E-state index contributed by atoms with van der Waals surface area (Å²) < 4.78 is 5.77. The van der Waals surface area contributed by atoms with Crippen LogP contribution in [0.15, 0.2) is 59.1 Å². The van der Waals surface area contributed by atoms with Crippen molar-refractivity contribution in [2.75, 3.05) is 0 Å². The van der Waals surface area contributed by atoms with Crippen LogP contribution in [0.5, 0.6) is 0 Å². The Kier molecular flexibility index (Phi) is 5.52. The molecule has 7 heteroatoms. The van der Waals surface area contributed by atoms with Crippen molar-refractivity contribution >= 4 is 28.1 Å². The molecule has 0 unspecified atom stereocenters. The van der Waals surface area contributed by atoms with Gasteiger partial charge in [0.2, 0.25) is 0 Å². The zero-order valence-electron chi connectivity index (χ0n) is 16.6. The summed E-state index contributed by atoms with van der Waals surface area (Å²) in [6.07, 6.45) is 0. The number of benzene rings is 2. The van der Waals surface area contributed by atoms with Crippen molar-refractivity contribution < 1.29 is 0 Å². The van der Waals surface area contributed by atoms with E-state index in [1.54, 1.807) is 0 Å². The normalized spacial score (nSPS) is 12.3. The maximum atomic E-state index is 5.52. The van der Waals surface area contributed by atoms with Crippen LogP contribution in [0.3, 0.4) is 0 Å². The van der Waals surface area contributed by atoms with E-state index in [0.717, 1.165) is 33.8 Å². The Morgan fingerprint density at radius 1 is 1.07 bits per heavy atom. The Morgan fingerprint density at radius 2 is 1.76 bits per heavy atom. The highest BCUT2D eigenvalue weighted by Crippen LogP contribution is 2.26. The van der Waals surface area contributed by atoms with Gasteiger partial charge in [0.05, 0.1) is 28.4 Å². The number of rotatable bonds is 5. The van der Waals surface area contributed by atoms with Gasteiger partial charge in [-0.15, -0.1) is 0 Å². The van der Waals surface area contributed by atoms with E-state index in [0.29, 0.717) is 4.77 Å². The van der Waals surface area contributed by atoms with E-state index >= 15 is 0 Å². The lowest BCUT2D eigenvalue weighted by atomic mass is 10.1. The second-order valence-electron chi connectivity index (χ2n) is 7.15. The van der Waals surface area contributed by atoms with E-state index in [9.17, 15) is 0 Å². The van der Waals surface area contributed by atoms with Crippen LogP contribution in [0, 0.1) is 18.6 Å².